The highest BCUT2D eigenvalue weighted by atomic mass is 35.5. The van der Waals surface area contributed by atoms with Crippen molar-refractivity contribution in [3.63, 3.8) is 0 Å². The van der Waals surface area contributed by atoms with Gasteiger partial charge in [0.2, 0.25) is 0 Å². The van der Waals surface area contributed by atoms with Gasteiger partial charge < -0.3 is 10.8 Å². The summed E-state index contributed by atoms with van der Waals surface area (Å²) in [7, 11) is 0. The van der Waals surface area contributed by atoms with Crippen LogP contribution in [0.25, 0.3) is 10.9 Å². The molecule has 1 aromatic heterocycles. The molecule has 1 heterocycles. The first-order chi connectivity index (χ1) is 6.74. The molecule has 2 aromatic rings. The number of nitrogens with zero attached hydrogens (tertiary/aromatic N) is 1. The third-order valence-corrected chi connectivity index (χ3v) is 2.44. The van der Waals surface area contributed by atoms with Crippen LogP contribution >= 0.6 is 11.6 Å². The third-order valence-electron chi connectivity index (χ3n) is 2.15. The molecule has 0 aliphatic carbocycles. The van der Waals surface area contributed by atoms with Crippen molar-refractivity contribution in [2.75, 3.05) is 6.54 Å². The molecule has 1 atom stereocenters. The Hall–Kier alpha value is -1.10. The third kappa shape index (κ3) is 1.37. The highest BCUT2D eigenvalue weighted by molar-refractivity contribution is 6.34. The SMILES string of the molecule is NCC(O)c1cccc2c(Cl)[nH]nc12. The molecule has 0 radical (unpaired) electrons. The van der Waals surface area contributed by atoms with E-state index in [4.69, 9.17) is 17.3 Å². The van der Waals surface area contributed by atoms with Crippen molar-refractivity contribution in [3.05, 3.63) is 28.9 Å². The molecule has 0 aliphatic heterocycles. The second kappa shape index (κ2) is 3.57. The maximum atomic E-state index is 9.61. The number of nitrogens with one attached hydrogen (secondary N) is 1. The monoisotopic (exact) mass is 211 g/mol. The minimum Gasteiger partial charge on any atom is -0.387 e. The molecular formula is C9H10ClN3O. The molecular weight excluding hydrogens is 202 g/mol. The predicted octanol–water partition coefficient (Wildman–Crippen LogP) is 1.21. The summed E-state index contributed by atoms with van der Waals surface area (Å²) < 4.78 is 0. The first-order valence-corrected chi connectivity index (χ1v) is 4.62. The molecule has 0 saturated carbocycles. The van der Waals surface area contributed by atoms with Crippen molar-refractivity contribution in [1.29, 1.82) is 0 Å². The van der Waals surface area contributed by atoms with Crippen molar-refractivity contribution in [3.8, 4) is 0 Å². The number of halogens is 1. The van der Waals surface area contributed by atoms with Gasteiger partial charge in [0.1, 0.15) is 5.15 Å². The summed E-state index contributed by atoms with van der Waals surface area (Å²) >= 11 is 5.86. The first-order valence-electron chi connectivity index (χ1n) is 4.24. The van der Waals surface area contributed by atoms with Crippen LogP contribution in [-0.4, -0.2) is 21.8 Å². The van der Waals surface area contributed by atoms with Crippen LogP contribution in [0, 0.1) is 0 Å². The van der Waals surface area contributed by atoms with Gasteiger partial charge in [0.15, 0.2) is 0 Å². The quantitative estimate of drug-likeness (QED) is 0.699. The van der Waals surface area contributed by atoms with E-state index in [1.165, 1.54) is 0 Å². The zero-order valence-corrected chi connectivity index (χ0v) is 8.12. The topological polar surface area (TPSA) is 74.9 Å². The summed E-state index contributed by atoms with van der Waals surface area (Å²) in [5, 5.41) is 17.6. The Labute approximate surface area is 85.7 Å². The van der Waals surface area contributed by atoms with Crippen LogP contribution < -0.4 is 5.73 Å². The molecule has 14 heavy (non-hydrogen) atoms. The molecule has 0 aliphatic rings. The standard InChI is InChI=1S/C9H10ClN3O/c10-9-6-3-1-2-5(7(14)4-11)8(6)12-13-9/h1-3,7,14H,4,11H2,(H,12,13). The number of H-pyrrole nitrogens is 1. The maximum Gasteiger partial charge on any atom is 0.132 e. The summed E-state index contributed by atoms with van der Waals surface area (Å²) in [5.41, 5.74) is 6.76. The first kappa shape index (κ1) is 9.45. The number of benzene rings is 1. The summed E-state index contributed by atoms with van der Waals surface area (Å²) in [6.07, 6.45) is -0.696. The van der Waals surface area contributed by atoms with E-state index in [1.807, 2.05) is 12.1 Å². The van der Waals surface area contributed by atoms with Gasteiger partial charge in [0.05, 0.1) is 11.6 Å². The van der Waals surface area contributed by atoms with Crippen molar-refractivity contribution in [2.24, 2.45) is 5.73 Å². The maximum absolute atomic E-state index is 9.61. The van der Waals surface area contributed by atoms with E-state index in [1.54, 1.807) is 6.07 Å². The summed E-state index contributed by atoms with van der Waals surface area (Å²) in [6.45, 7) is 0.170. The van der Waals surface area contributed by atoms with E-state index in [0.29, 0.717) is 16.2 Å². The lowest BCUT2D eigenvalue weighted by Crippen LogP contribution is -2.11. The number of aliphatic hydroxyl groups is 1. The Morgan fingerprint density at radius 3 is 3.07 bits per heavy atom. The van der Waals surface area contributed by atoms with Gasteiger partial charge in [0, 0.05) is 17.5 Å². The van der Waals surface area contributed by atoms with Crippen molar-refractivity contribution < 1.29 is 5.11 Å². The van der Waals surface area contributed by atoms with Gasteiger partial charge in [-0.25, -0.2) is 0 Å². The number of hydrogen-bond donors (Lipinski definition) is 3. The molecule has 0 fully saturated rings. The highest BCUT2D eigenvalue weighted by Gasteiger charge is 2.12. The minimum absolute atomic E-state index is 0.170. The van der Waals surface area contributed by atoms with Gasteiger partial charge in [-0.1, -0.05) is 23.7 Å². The number of aromatic nitrogens is 2. The molecule has 4 N–H and O–H groups in total. The summed E-state index contributed by atoms with van der Waals surface area (Å²) in [6, 6.07) is 5.45. The molecule has 0 saturated heterocycles. The van der Waals surface area contributed by atoms with E-state index in [2.05, 4.69) is 10.2 Å². The fraction of sp³-hybridized carbons (Fsp3) is 0.222. The lowest BCUT2D eigenvalue weighted by molar-refractivity contribution is 0.188. The average Bonchev–Trinajstić information content (AvgIpc) is 2.59. The van der Waals surface area contributed by atoms with Crippen LogP contribution in [0.3, 0.4) is 0 Å². The molecule has 2 rings (SSSR count). The van der Waals surface area contributed by atoms with Crippen LogP contribution in [0.4, 0.5) is 0 Å². The lowest BCUT2D eigenvalue weighted by Gasteiger charge is -2.07. The zero-order chi connectivity index (χ0) is 10.1. The molecule has 1 unspecified atom stereocenters. The molecule has 74 valence electrons. The van der Waals surface area contributed by atoms with Crippen molar-refractivity contribution >= 4 is 22.5 Å². The number of hydrogen-bond acceptors (Lipinski definition) is 3. The smallest absolute Gasteiger partial charge is 0.132 e. The average molecular weight is 212 g/mol. The Morgan fingerprint density at radius 1 is 1.57 bits per heavy atom. The number of fused-ring (bicyclic) bond motifs is 1. The number of para-hydroxylation sites is 1. The Balaban J connectivity index is 2.65. The number of aromatic amines is 1. The largest absolute Gasteiger partial charge is 0.387 e. The van der Waals surface area contributed by atoms with Crippen LogP contribution in [0.5, 0.6) is 0 Å². The lowest BCUT2D eigenvalue weighted by atomic mass is 10.1. The van der Waals surface area contributed by atoms with Gasteiger partial charge in [0.25, 0.3) is 0 Å². The highest BCUT2D eigenvalue weighted by Crippen LogP contribution is 2.26. The van der Waals surface area contributed by atoms with Gasteiger partial charge in [-0.3, -0.25) is 5.10 Å². The van der Waals surface area contributed by atoms with Crippen LogP contribution in [0.15, 0.2) is 18.2 Å². The van der Waals surface area contributed by atoms with Crippen molar-refractivity contribution in [2.45, 2.75) is 6.10 Å². The van der Waals surface area contributed by atoms with E-state index in [-0.39, 0.29) is 6.54 Å². The van der Waals surface area contributed by atoms with Gasteiger partial charge >= 0.3 is 0 Å². The Kier molecular flexibility index (Phi) is 2.41. The Bertz CT molecular complexity index is 454. The van der Waals surface area contributed by atoms with Gasteiger partial charge in [-0.05, 0) is 6.07 Å². The molecule has 0 spiro atoms. The van der Waals surface area contributed by atoms with Crippen molar-refractivity contribution in [1.82, 2.24) is 10.2 Å². The predicted molar refractivity (Wildman–Crippen MR) is 55.1 cm³/mol. The molecule has 1 aromatic carbocycles. The van der Waals surface area contributed by atoms with Crippen LogP contribution in [0.1, 0.15) is 11.7 Å². The zero-order valence-electron chi connectivity index (χ0n) is 7.37. The fourth-order valence-electron chi connectivity index (χ4n) is 1.42. The Morgan fingerprint density at radius 2 is 2.36 bits per heavy atom. The summed E-state index contributed by atoms with van der Waals surface area (Å²) in [4.78, 5) is 0. The van der Waals surface area contributed by atoms with E-state index >= 15 is 0 Å². The van der Waals surface area contributed by atoms with E-state index in [0.717, 1.165) is 5.39 Å². The van der Waals surface area contributed by atoms with E-state index < -0.39 is 6.10 Å². The number of nitrogens with two attached hydrogens (primary N) is 1. The van der Waals surface area contributed by atoms with Gasteiger partial charge in [-0.15, -0.1) is 0 Å². The molecule has 0 bridgehead atoms. The second-order valence-corrected chi connectivity index (χ2v) is 3.41. The minimum atomic E-state index is -0.696. The molecule has 4 nitrogen and oxygen atoms in total. The number of aliphatic hydroxyl groups excluding tert-OH is 1. The number of rotatable bonds is 2. The molecule has 0 amide bonds. The van der Waals surface area contributed by atoms with E-state index in [9.17, 15) is 5.11 Å². The normalized spacial score (nSPS) is 13.4. The summed E-state index contributed by atoms with van der Waals surface area (Å²) in [5.74, 6) is 0. The van der Waals surface area contributed by atoms with Gasteiger partial charge in [-0.2, -0.15) is 5.10 Å². The van der Waals surface area contributed by atoms with Crippen LogP contribution in [0.2, 0.25) is 5.15 Å². The fourth-order valence-corrected chi connectivity index (χ4v) is 1.62. The van der Waals surface area contributed by atoms with Crippen LogP contribution in [-0.2, 0) is 0 Å². The second-order valence-electron chi connectivity index (χ2n) is 3.03. The molecule has 5 heteroatoms.